The van der Waals surface area contributed by atoms with E-state index in [-0.39, 0.29) is 12.2 Å². The average Bonchev–Trinajstić information content (AvgIpc) is 2.53. The molecule has 0 atom stereocenters. The molecule has 0 saturated carbocycles. The fourth-order valence-corrected chi connectivity index (χ4v) is 2.24. The van der Waals surface area contributed by atoms with Gasteiger partial charge in [-0.25, -0.2) is 9.78 Å². The molecule has 5 heteroatoms. The van der Waals surface area contributed by atoms with Gasteiger partial charge >= 0.3 is 5.97 Å². The Bertz CT molecular complexity index is 927. The van der Waals surface area contributed by atoms with E-state index in [1.807, 2.05) is 38.1 Å². The van der Waals surface area contributed by atoms with Crippen molar-refractivity contribution in [1.29, 1.82) is 0 Å². The van der Waals surface area contributed by atoms with Gasteiger partial charge in [0.25, 0.3) is 5.56 Å². The summed E-state index contributed by atoms with van der Waals surface area (Å²) >= 11 is 0. The first-order valence-electron chi connectivity index (χ1n) is 7.26. The standard InChI is InChI=1S/C18H16N2O3/c1-12-3-5-14(6-4-12)18(22)23-11-15-10-17(21)20-8-7-13(2)9-16(20)19-15/h3-10H,11H2,1-2H3. The molecule has 1 aromatic carbocycles. The summed E-state index contributed by atoms with van der Waals surface area (Å²) in [6, 6.07) is 12.2. The molecule has 0 amide bonds. The van der Waals surface area contributed by atoms with Gasteiger partial charge < -0.3 is 4.74 Å². The van der Waals surface area contributed by atoms with Crippen LogP contribution in [0.3, 0.4) is 0 Å². The Morgan fingerprint density at radius 1 is 1.09 bits per heavy atom. The molecule has 0 N–H and O–H groups in total. The lowest BCUT2D eigenvalue weighted by Gasteiger charge is -2.07. The first-order chi connectivity index (χ1) is 11.0. The minimum atomic E-state index is -0.434. The van der Waals surface area contributed by atoms with Crippen molar-refractivity contribution >= 4 is 11.6 Å². The molecule has 0 radical (unpaired) electrons. The van der Waals surface area contributed by atoms with E-state index < -0.39 is 5.97 Å². The molecular weight excluding hydrogens is 292 g/mol. The van der Waals surface area contributed by atoms with Crippen LogP contribution < -0.4 is 5.56 Å². The fraction of sp³-hybridized carbons (Fsp3) is 0.167. The number of esters is 1. The van der Waals surface area contributed by atoms with Crippen LogP contribution in [0.15, 0.2) is 53.5 Å². The second-order valence-corrected chi connectivity index (χ2v) is 5.46. The molecule has 0 saturated heterocycles. The number of hydrogen-bond donors (Lipinski definition) is 0. The van der Waals surface area contributed by atoms with Crippen LogP contribution in [0, 0.1) is 13.8 Å². The van der Waals surface area contributed by atoms with Crippen LogP contribution in [-0.4, -0.2) is 15.4 Å². The van der Waals surface area contributed by atoms with Gasteiger partial charge in [0.05, 0.1) is 11.3 Å². The van der Waals surface area contributed by atoms with Crippen molar-refractivity contribution in [2.24, 2.45) is 0 Å². The summed E-state index contributed by atoms with van der Waals surface area (Å²) in [5.41, 5.74) is 3.33. The molecule has 0 fully saturated rings. The Labute approximate surface area is 133 Å². The maximum absolute atomic E-state index is 12.0. The SMILES string of the molecule is Cc1ccc(C(=O)OCc2cc(=O)n3ccc(C)cc3n2)cc1. The van der Waals surface area contributed by atoms with E-state index in [0.29, 0.717) is 16.9 Å². The third kappa shape index (κ3) is 3.29. The van der Waals surface area contributed by atoms with Crippen molar-refractivity contribution < 1.29 is 9.53 Å². The highest BCUT2D eigenvalue weighted by Crippen LogP contribution is 2.08. The number of hydrogen-bond acceptors (Lipinski definition) is 4. The van der Waals surface area contributed by atoms with Crippen molar-refractivity contribution in [3.63, 3.8) is 0 Å². The molecule has 2 heterocycles. The number of carbonyl (C=O) groups is 1. The van der Waals surface area contributed by atoms with Gasteiger partial charge in [-0.2, -0.15) is 0 Å². The Kier molecular flexibility index (Phi) is 3.93. The van der Waals surface area contributed by atoms with Crippen LogP contribution in [0.5, 0.6) is 0 Å². The summed E-state index contributed by atoms with van der Waals surface area (Å²) in [7, 11) is 0. The van der Waals surface area contributed by atoms with Gasteiger partial charge in [-0.05, 0) is 43.7 Å². The van der Waals surface area contributed by atoms with Crippen molar-refractivity contribution in [2.75, 3.05) is 0 Å². The number of pyridine rings is 1. The van der Waals surface area contributed by atoms with E-state index in [1.165, 1.54) is 10.5 Å². The topological polar surface area (TPSA) is 60.7 Å². The molecule has 0 aliphatic heterocycles. The number of fused-ring (bicyclic) bond motifs is 1. The summed E-state index contributed by atoms with van der Waals surface area (Å²) < 4.78 is 6.70. The molecule has 5 nitrogen and oxygen atoms in total. The second-order valence-electron chi connectivity index (χ2n) is 5.46. The zero-order valence-electron chi connectivity index (χ0n) is 12.9. The van der Waals surface area contributed by atoms with Crippen molar-refractivity contribution in [3.8, 4) is 0 Å². The lowest BCUT2D eigenvalue weighted by molar-refractivity contribution is 0.0467. The lowest BCUT2D eigenvalue weighted by atomic mass is 10.1. The normalized spacial score (nSPS) is 10.7. The van der Waals surface area contributed by atoms with Crippen LogP contribution in [-0.2, 0) is 11.3 Å². The number of carbonyl (C=O) groups excluding carboxylic acids is 1. The van der Waals surface area contributed by atoms with Gasteiger partial charge in [0.15, 0.2) is 0 Å². The molecular formula is C18H16N2O3. The van der Waals surface area contributed by atoms with Crippen molar-refractivity contribution in [1.82, 2.24) is 9.38 Å². The minimum absolute atomic E-state index is 0.0353. The van der Waals surface area contributed by atoms with Gasteiger partial charge in [-0.15, -0.1) is 0 Å². The van der Waals surface area contributed by atoms with Crippen LogP contribution in [0.1, 0.15) is 27.2 Å². The number of aromatic nitrogens is 2. The van der Waals surface area contributed by atoms with Crippen molar-refractivity contribution in [3.05, 3.63) is 81.4 Å². The Hall–Kier alpha value is -2.95. The molecule has 0 bridgehead atoms. The number of benzene rings is 1. The summed E-state index contributed by atoms with van der Waals surface area (Å²) in [6.07, 6.45) is 1.68. The molecule has 3 rings (SSSR count). The Balaban J connectivity index is 1.80. The van der Waals surface area contributed by atoms with E-state index >= 15 is 0 Å². The lowest BCUT2D eigenvalue weighted by Crippen LogP contribution is -2.16. The van der Waals surface area contributed by atoms with Crippen LogP contribution >= 0.6 is 0 Å². The summed E-state index contributed by atoms with van der Waals surface area (Å²) in [5, 5.41) is 0. The first-order valence-corrected chi connectivity index (χ1v) is 7.26. The summed E-state index contributed by atoms with van der Waals surface area (Å²) in [5.74, 6) is -0.434. The first kappa shape index (κ1) is 15.0. The zero-order valence-corrected chi connectivity index (χ0v) is 12.9. The van der Waals surface area contributed by atoms with Gasteiger partial charge in [-0.3, -0.25) is 9.20 Å². The predicted molar refractivity (Wildman–Crippen MR) is 86.5 cm³/mol. The molecule has 2 aromatic heterocycles. The highest BCUT2D eigenvalue weighted by atomic mass is 16.5. The van der Waals surface area contributed by atoms with E-state index in [4.69, 9.17) is 4.74 Å². The van der Waals surface area contributed by atoms with Gasteiger partial charge in [0.1, 0.15) is 12.3 Å². The van der Waals surface area contributed by atoms with E-state index in [2.05, 4.69) is 4.98 Å². The molecule has 0 unspecified atom stereocenters. The smallest absolute Gasteiger partial charge is 0.338 e. The van der Waals surface area contributed by atoms with Gasteiger partial charge in [-0.1, -0.05) is 17.7 Å². The second kappa shape index (κ2) is 6.04. The molecule has 0 aliphatic rings. The number of rotatable bonds is 3. The summed E-state index contributed by atoms with van der Waals surface area (Å²) in [4.78, 5) is 28.4. The van der Waals surface area contributed by atoms with Crippen molar-refractivity contribution in [2.45, 2.75) is 20.5 Å². The molecule has 0 aliphatic carbocycles. The quantitative estimate of drug-likeness (QED) is 0.698. The number of aryl methyl sites for hydroxylation is 2. The van der Waals surface area contributed by atoms with Gasteiger partial charge in [0.2, 0.25) is 0 Å². The molecule has 0 spiro atoms. The van der Waals surface area contributed by atoms with E-state index in [9.17, 15) is 9.59 Å². The third-order valence-electron chi connectivity index (χ3n) is 3.51. The van der Waals surface area contributed by atoms with Crippen LogP contribution in [0.25, 0.3) is 5.65 Å². The molecule has 23 heavy (non-hydrogen) atoms. The molecule has 3 aromatic rings. The zero-order chi connectivity index (χ0) is 16.4. The predicted octanol–water partition coefficient (Wildman–Crippen LogP) is 2.67. The third-order valence-corrected chi connectivity index (χ3v) is 3.51. The van der Waals surface area contributed by atoms with Crippen LogP contribution in [0.2, 0.25) is 0 Å². The Morgan fingerprint density at radius 2 is 1.83 bits per heavy atom. The maximum Gasteiger partial charge on any atom is 0.338 e. The highest BCUT2D eigenvalue weighted by Gasteiger charge is 2.09. The monoisotopic (exact) mass is 308 g/mol. The van der Waals surface area contributed by atoms with Gasteiger partial charge in [0, 0.05) is 12.3 Å². The number of ether oxygens (including phenoxy) is 1. The van der Waals surface area contributed by atoms with E-state index in [0.717, 1.165) is 11.1 Å². The average molecular weight is 308 g/mol. The minimum Gasteiger partial charge on any atom is -0.456 e. The highest BCUT2D eigenvalue weighted by molar-refractivity contribution is 5.89. The molecule has 116 valence electrons. The Morgan fingerprint density at radius 3 is 2.57 bits per heavy atom. The van der Waals surface area contributed by atoms with Crippen LogP contribution in [0.4, 0.5) is 0 Å². The fourth-order valence-electron chi connectivity index (χ4n) is 2.24. The summed E-state index contributed by atoms with van der Waals surface area (Å²) in [6.45, 7) is 3.84. The maximum atomic E-state index is 12.0. The number of nitrogens with zero attached hydrogens (tertiary/aromatic N) is 2. The van der Waals surface area contributed by atoms with E-state index in [1.54, 1.807) is 18.3 Å². The largest absolute Gasteiger partial charge is 0.456 e.